The summed E-state index contributed by atoms with van der Waals surface area (Å²) in [6.07, 6.45) is 1.59. The number of carbonyl (C=O) groups excluding carboxylic acids is 1. The van der Waals surface area contributed by atoms with Gasteiger partial charge in [0, 0.05) is 11.1 Å². The van der Waals surface area contributed by atoms with Crippen LogP contribution in [-0.2, 0) is 4.74 Å². The molecule has 0 aliphatic rings. The van der Waals surface area contributed by atoms with E-state index in [1.165, 1.54) is 11.7 Å². The van der Waals surface area contributed by atoms with Crippen LogP contribution in [0.5, 0.6) is 0 Å². The topological polar surface area (TPSA) is 87.2 Å². The molecule has 0 bridgehead atoms. The van der Waals surface area contributed by atoms with Crippen molar-refractivity contribution >= 4 is 22.6 Å². The molecule has 0 spiro atoms. The maximum absolute atomic E-state index is 13.0. The van der Waals surface area contributed by atoms with Gasteiger partial charge in [-0.05, 0) is 37.6 Å². The smallest absolute Gasteiger partial charge is 0.345 e. The van der Waals surface area contributed by atoms with Crippen molar-refractivity contribution in [3.05, 3.63) is 63.7 Å². The van der Waals surface area contributed by atoms with Gasteiger partial charge in [0.1, 0.15) is 5.56 Å². The first-order chi connectivity index (χ1) is 11.4. The van der Waals surface area contributed by atoms with Crippen molar-refractivity contribution in [3.63, 3.8) is 0 Å². The highest BCUT2D eigenvalue weighted by molar-refractivity contribution is 6.04. The standard InChI is InChI=1S/C18H17N3O3/c1-10-4-7-13-14(8-10)21(12-6-5-11(2)20-9-12)17(22)15(16(13)19)18(23)24-3/h4-9H,19H2,1-3H3. The number of fused-ring (bicyclic) bond motifs is 1. The number of carbonyl (C=O) groups is 1. The van der Waals surface area contributed by atoms with Gasteiger partial charge < -0.3 is 10.5 Å². The van der Waals surface area contributed by atoms with Gasteiger partial charge in [0.2, 0.25) is 0 Å². The lowest BCUT2D eigenvalue weighted by Gasteiger charge is -2.15. The number of anilines is 1. The van der Waals surface area contributed by atoms with Crippen LogP contribution in [0.1, 0.15) is 21.6 Å². The summed E-state index contributed by atoms with van der Waals surface area (Å²) in [4.78, 5) is 29.3. The molecule has 3 rings (SSSR count). The van der Waals surface area contributed by atoms with Crippen molar-refractivity contribution in [1.82, 2.24) is 9.55 Å². The molecule has 3 aromatic rings. The third kappa shape index (κ3) is 2.42. The predicted octanol–water partition coefficient (Wildman–Crippen LogP) is 2.37. The number of nitrogen functional groups attached to an aromatic ring is 1. The van der Waals surface area contributed by atoms with Crippen LogP contribution in [-0.4, -0.2) is 22.6 Å². The zero-order valence-corrected chi connectivity index (χ0v) is 13.7. The molecule has 2 N–H and O–H groups in total. The Labute approximate surface area is 138 Å². The summed E-state index contributed by atoms with van der Waals surface area (Å²) in [5.74, 6) is -0.756. The first-order valence-corrected chi connectivity index (χ1v) is 7.40. The van der Waals surface area contributed by atoms with Gasteiger partial charge in [-0.25, -0.2) is 4.79 Å². The van der Waals surface area contributed by atoms with Crippen LogP contribution in [0.25, 0.3) is 16.6 Å². The van der Waals surface area contributed by atoms with Crippen molar-refractivity contribution in [2.24, 2.45) is 0 Å². The van der Waals surface area contributed by atoms with Gasteiger partial charge in [-0.3, -0.25) is 14.3 Å². The summed E-state index contributed by atoms with van der Waals surface area (Å²) in [5.41, 5.74) is 8.50. The Bertz CT molecular complexity index is 1000. The lowest BCUT2D eigenvalue weighted by Crippen LogP contribution is -2.28. The lowest BCUT2D eigenvalue weighted by atomic mass is 10.1. The molecule has 0 atom stereocenters. The summed E-state index contributed by atoms with van der Waals surface area (Å²) in [5, 5.41) is 0.612. The van der Waals surface area contributed by atoms with E-state index < -0.39 is 11.5 Å². The molecule has 0 unspecified atom stereocenters. The van der Waals surface area contributed by atoms with Gasteiger partial charge in [0.05, 0.1) is 30.2 Å². The zero-order valence-electron chi connectivity index (χ0n) is 13.7. The zero-order chi connectivity index (χ0) is 17.4. The van der Waals surface area contributed by atoms with E-state index in [4.69, 9.17) is 10.5 Å². The van der Waals surface area contributed by atoms with E-state index in [-0.39, 0.29) is 11.3 Å². The van der Waals surface area contributed by atoms with Crippen molar-refractivity contribution in [2.75, 3.05) is 12.8 Å². The summed E-state index contributed by atoms with van der Waals surface area (Å²) in [6, 6.07) is 9.11. The molecule has 0 saturated heterocycles. The van der Waals surface area contributed by atoms with E-state index >= 15 is 0 Å². The second-order valence-electron chi connectivity index (χ2n) is 5.60. The van der Waals surface area contributed by atoms with Gasteiger partial charge in [-0.1, -0.05) is 12.1 Å². The second-order valence-corrected chi connectivity index (χ2v) is 5.60. The number of hydrogen-bond donors (Lipinski definition) is 1. The second kappa shape index (κ2) is 5.81. The highest BCUT2D eigenvalue weighted by Crippen LogP contribution is 2.26. The number of nitrogens with zero attached hydrogens (tertiary/aromatic N) is 2. The number of aryl methyl sites for hydroxylation is 2. The van der Waals surface area contributed by atoms with Crippen LogP contribution < -0.4 is 11.3 Å². The first-order valence-electron chi connectivity index (χ1n) is 7.40. The Morgan fingerprint density at radius 2 is 1.96 bits per heavy atom. The maximum Gasteiger partial charge on any atom is 0.345 e. The largest absolute Gasteiger partial charge is 0.465 e. The van der Waals surface area contributed by atoms with Crippen LogP contribution in [0.3, 0.4) is 0 Å². The number of hydrogen-bond acceptors (Lipinski definition) is 5. The molecule has 2 aromatic heterocycles. The number of methoxy groups -OCH3 is 1. The Hall–Kier alpha value is -3.15. The number of aromatic nitrogens is 2. The van der Waals surface area contributed by atoms with Gasteiger partial charge in [0.15, 0.2) is 0 Å². The van der Waals surface area contributed by atoms with Gasteiger partial charge >= 0.3 is 5.97 Å². The molecule has 6 heteroatoms. The SMILES string of the molecule is COC(=O)c1c(N)c2ccc(C)cc2n(-c2ccc(C)nc2)c1=O. The molecule has 6 nitrogen and oxygen atoms in total. The van der Waals surface area contributed by atoms with E-state index in [0.717, 1.165) is 11.3 Å². The van der Waals surface area contributed by atoms with Crippen LogP contribution in [0.2, 0.25) is 0 Å². The summed E-state index contributed by atoms with van der Waals surface area (Å²) >= 11 is 0. The number of benzene rings is 1. The molecule has 1 aromatic carbocycles. The Kier molecular flexibility index (Phi) is 3.81. The Balaban J connectivity index is 2.50. The van der Waals surface area contributed by atoms with E-state index in [2.05, 4.69) is 4.98 Å². The molecule has 24 heavy (non-hydrogen) atoms. The number of ether oxygens (including phenoxy) is 1. The lowest BCUT2D eigenvalue weighted by molar-refractivity contribution is 0.0600. The summed E-state index contributed by atoms with van der Waals surface area (Å²) in [7, 11) is 1.22. The van der Waals surface area contributed by atoms with E-state index in [0.29, 0.717) is 16.6 Å². The molecular weight excluding hydrogens is 306 g/mol. The van der Waals surface area contributed by atoms with Crippen LogP contribution in [0.15, 0.2) is 41.3 Å². The Morgan fingerprint density at radius 3 is 2.58 bits per heavy atom. The van der Waals surface area contributed by atoms with Crippen LogP contribution >= 0.6 is 0 Å². The fraction of sp³-hybridized carbons (Fsp3) is 0.167. The van der Waals surface area contributed by atoms with E-state index in [1.54, 1.807) is 24.4 Å². The molecule has 122 valence electrons. The fourth-order valence-electron chi connectivity index (χ4n) is 2.67. The first kappa shape index (κ1) is 15.7. The average molecular weight is 323 g/mol. The normalized spacial score (nSPS) is 10.8. The number of nitrogens with two attached hydrogens (primary N) is 1. The highest BCUT2D eigenvalue weighted by atomic mass is 16.5. The van der Waals surface area contributed by atoms with Crippen molar-refractivity contribution in [3.8, 4) is 5.69 Å². The molecule has 0 fully saturated rings. The summed E-state index contributed by atoms with van der Waals surface area (Å²) < 4.78 is 6.17. The predicted molar refractivity (Wildman–Crippen MR) is 92.6 cm³/mol. The monoisotopic (exact) mass is 323 g/mol. The minimum absolute atomic E-state index is 0.123. The molecule has 2 heterocycles. The summed E-state index contributed by atoms with van der Waals surface area (Å²) in [6.45, 7) is 3.78. The minimum Gasteiger partial charge on any atom is -0.465 e. The third-order valence-electron chi connectivity index (χ3n) is 3.91. The van der Waals surface area contributed by atoms with Gasteiger partial charge in [-0.15, -0.1) is 0 Å². The fourth-order valence-corrected chi connectivity index (χ4v) is 2.67. The van der Waals surface area contributed by atoms with Crippen LogP contribution in [0.4, 0.5) is 5.69 Å². The molecular formula is C18H17N3O3. The number of pyridine rings is 2. The van der Waals surface area contributed by atoms with Crippen molar-refractivity contribution < 1.29 is 9.53 Å². The highest BCUT2D eigenvalue weighted by Gasteiger charge is 2.22. The van der Waals surface area contributed by atoms with Crippen molar-refractivity contribution in [2.45, 2.75) is 13.8 Å². The van der Waals surface area contributed by atoms with E-state index in [1.807, 2.05) is 26.0 Å². The molecule has 0 saturated carbocycles. The van der Waals surface area contributed by atoms with Gasteiger partial charge in [0.25, 0.3) is 5.56 Å². The van der Waals surface area contributed by atoms with Gasteiger partial charge in [-0.2, -0.15) is 0 Å². The minimum atomic E-state index is -0.756. The van der Waals surface area contributed by atoms with Crippen LogP contribution in [0, 0.1) is 13.8 Å². The maximum atomic E-state index is 13.0. The molecule has 0 aliphatic carbocycles. The van der Waals surface area contributed by atoms with E-state index in [9.17, 15) is 9.59 Å². The molecule has 0 amide bonds. The quantitative estimate of drug-likeness (QED) is 0.732. The molecule has 0 radical (unpaired) electrons. The molecule has 0 aliphatic heterocycles. The number of rotatable bonds is 2. The Morgan fingerprint density at radius 1 is 1.21 bits per heavy atom. The average Bonchev–Trinajstić information content (AvgIpc) is 2.56. The van der Waals surface area contributed by atoms with Crippen molar-refractivity contribution in [1.29, 1.82) is 0 Å². The third-order valence-corrected chi connectivity index (χ3v) is 3.91. The number of esters is 1.